The lowest BCUT2D eigenvalue weighted by atomic mass is 10.0. The van der Waals surface area contributed by atoms with Gasteiger partial charge in [-0.3, -0.25) is 0 Å². The van der Waals surface area contributed by atoms with Crippen LogP contribution in [0.2, 0.25) is 0 Å². The van der Waals surface area contributed by atoms with Crippen LogP contribution < -0.4 is 10.2 Å². The fraction of sp³-hybridized carbons (Fsp3) is 0.120. The van der Waals surface area contributed by atoms with E-state index >= 15 is 0 Å². The molecule has 0 amide bonds. The van der Waals surface area contributed by atoms with E-state index in [1.165, 1.54) is 5.39 Å². The highest BCUT2D eigenvalue weighted by Gasteiger charge is 2.20. The molecule has 0 radical (unpaired) electrons. The first-order chi connectivity index (χ1) is 15.2. The monoisotopic (exact) mass is 410 g/mol. The second-order valence-corrected chi connectivity index (χ2v) is 7.34. The van der Waals surface area contributed by atoms with Crippen molar-refractivity contribution in [1.82, 2.24) is 15.0 Å². The van der Waals surface area contributed by atoms with Crippen molar-refractivity contribution in [3.63, 3.8) is 0 Å². The second-order valence-electron chi connectivity index (χ2n) is 7.34. The van der Waals surface area contributed by atoms with Crippen LogP contribution >= 0.6 is 0 Å². The SMILES string of the molecule is COc1cc(C=CC2=NC(c3cccc4ccccc34)ON2)ccc1-n1cnc(C)c1. The highest BCUT2D eigenvalue weighted by atomic mass is 16.7. The van der Waals surface area contributed by atoms with Gasteiger partial charge in [0.15, 0.2) is 0 Å². The van der Waals surface area contributed by atoms with Gasteiger partial charge >= 0.3 is 0 Å². The normalized spacial score (nSPS) is 15.9. The first kappa shape index (κ1) is 19.1. The van der Waals surface area contributed by atoms with Gasteiger partial charge in [-0.25, -0.2) is 20.3 Å². The number of aryl methyl sites for hydroxylation is 1. The molecule has 6 nitrogen and oxygen atoms in total. The third-order valence-electron chi connectivity index (χ3n) is 5.25. The summed E-state index contributed by atoms with van der Waals surface area (Å²) in [4.78, 5) is 14.7. The molecule has 31 heavy (non-hydrogen) atoms. The van der Waals surface area contributed by atoms with Crippen molar-refractivity contribution in [3.8, 4) is 11.4 Å². The number of benzene rings is 3. The topological polar surface area (TPSA) is 60.7 Å². The van der Waals surface area contributed by atoms with Crippen LogP contribution in [0.5, 0.6) is 5.75 Å². The molecule has 0 saturated carbocycles. The molecule has 3 aromatic carbocycles. The van der Waals surface area contributed by atoms with E-state index in [1.54, 1.807) is 13.4 Å². The number of nitrogens with one attached hydrogen (secondary N) is 1. The largest absolute Gasteiger partial charge is 0.495 e. The summed E-state index contributed by atoms with van der Waals surface area (Å²) in [5.74, 6) is 1.44. The zero-order valence-corrected chi connectivity index (χ0v) is 17.3. The summed E-state index contributed by atoms with van der Waals surface area (Å²) in [6, 6.07) is 20.4. The molecule has 0 bridgehead atoms. The number of amidine groups is 1. The molecule has 6 heteroatoms. The Morgan fingerprint density at radius 2 is 1.94 bits per heavy atom. The third kappa shape index (κ3) is 3.81. The van der Waals surface area contributed by atoms with Crippen LogP contribution in [0.4, 0.5) is 0 Å². The molecule has 1 aliphatic rings. The smallest absolute Gasteiger partial charge is 0.203 e. The van der Waals surface area contributed by atoms with Crippen LogP contribution in [0.3, 0.4) is 0 Å². The molecule has 1 aromatic heterocycles. The summed E-state index contributed by atoms with van der Waals surface area (Å²) in [5.41, 5.74) is 6.86. The minimum absolute atomic E-state index is 0.382. The summed E-state index contributed by atoms with van der Waals surface area (Å²) in [6.45, 7) is 1.96. The number of imidazole rings is 1. The predicted octanol–water partition coefficient (Wildman–Crippen LogP) is 4.99. The average Bonchev–Trinajstić information content (AvgIpc) is 3.46. The Kier molecular flexibility index (Phi) is 4.98. The summed E-state index contributed by atoms with van der Waals surface area (Å²) < 4.78 is 7.54. The number of hydroxylamine groups is 1. The van der Waals surface area contributed by atoms with Crippen LogP contribution in [0.1, 0.15) is 23.0 Å². The first-order valence-corrected chi connectivity index (χ1v) is 10.1. The molecule has 1 unspecified atom stereocenters. The lowest BCUT2D eigenvalue weighted by Crippen LogP contribution is -2.14. The maximum absolute atomic E-state index is 5.73. The number of aromatic nitrogens is 2. The summed E-state index contributed by atoms with van der Waals surface area (Å²) in [7, 11) is 1.67. The molecule has 0 saturated heterocycles. The zero-order valence-electron chi connectivity index (χ0n) is 17.3. The van der Waals surface area contributed by atoms with E-state index in [0.717, 1.165) is 33.6 Å². The zero-order chi connectivity index (χ0) is 21.2. The molecule has 0 spiro atoms. The Hall–Kier alpha value is -3.90. The van der Waals surface area contributed by atoms with Crippen molar-refractivity contribution in [1.29, 1.82) is 0 Å². The van der Waals surface area contributed by atoms with Crippen LogP contribution in [0.25, 0.3) is 22.5 Å². The van der Waals surface area contributed by atoms with Crippen molar-refractivity contribution in [3.05, 3.63) is 96.1 Å². The number of rotatable bonds is 5. The lowest BCUT2D eigenvalue weighted by Gasteiger charge is -2.10. The molecule has 1 aliphatic heterocycles. The number of methoxy groups -OCH3 is 1. The third-order valence-corrected chi connectivity index (χ3v) is 5.25. The number of fused-ring (bicyclic) bond motifs is 1. The molecule has 0 fully saturated rings. The number of ether oxygens (including phenoxy) is 1. The van der Waals surface area contributed by atoms with Crippen LogP contribution in [0, 0.1) is 6.92 Å². The van der Waals surface area contributed by atoms with E-state index in [0.29, 0.717) is 5.84 Å². The molecular formula is C25H22N4O2. The fourth-order valence-electron chi connectivity index (χ4n) is 3.71. The van der Waals surface area contributed by atoms with Gasteiger partial charge in [-0.2, -0.15) is 0 Å². The minimum Gasteiger partial charge on any atom is -0.495 e. The van der Waals surface area contributed by atoms with Crippen molar-refractivity contribution in [2.75, 3.05) is 7.11 Å². The van der Waals surface area contributed by atoms with E-state index in [2.05, 4.69) is 33.7 Å². The number of nitrogens with zero attached hydrogens (tertiary/aromatic N) is 3. The minimum atomic E-state index is -0.382. The van der Waals surface area contributed by atoms with E-state index in [-0.39, 0.29) is 6.23 Å². The summed E-state index contributed by atoms with van der Waals surface area (Å²) in [6.07, 6.45) is 7.25. The highest BCUT2D eigenvalue weighted by Crippen LogP contribution is 2.29. The van der Waals surface area contributed by atoms with Crippen molar-refractivity contribution in [2.45, 2.75) is 13.2 Å². The van der Waals surface area contributed by atoms with Gasteiger partial charge in [0.05, 0.1) is 24.8 Å². The molecule has 1 atom stereocenters. The van der Waals surface area contributed by atoms with Crippen LogP contribution in [-0.4, -0.2) is 22.5 Å². The van der Waals surface area contributed by atoms with E-state index < -0.39 is 0 Å². The van der Waals surface area contributed by atoms with Gasteiger partial charge in [0.1, 0.15) is 11.6 Å². The van der Waals surface area contributed by atoms with Gasteiger partial charge in [-0.05, 0) is 41.5 Å². The molecule has 5 rings (SSSR count). The summed E-state index contributed by atoms with van der Waals surface area (Å²) in [5, 5.41) is 2.31. The van der Waals surface area contributed by atoms with Gasteiger partial charge in [0.2, 0.25) is 6.23 Å². The summed E-state index contributed by atoms with van der Waals surface area (Å²) >= 11 is 0. The van der Waals surface area contributed by atoms with Crippen molar-refractivity contribution in [2.24, 2.45) is 4.99 Å². The quantitative estimate of drug-likeness (QED) is 0.504. The Bertz CT molecular complexity index is 1300. The molecule has 4 aromatic rings. The Morgan fingerprint density at radius 1 is 1.06 bits per heavy atom. The van der Waals surface area contributed by atoms with Crippen LogP contribution in [-0.2, 0) is 4.84 Å². The maximum Gasteiger partial charge on any atom is 0.203 e. The molecule has 154 valence electrons. The van der Waals surface area contributed by atoms with Crippen molar-refractivity contribution >= 4 is 22.7 Å². The average molecular weight is 410 g/mol. The van der Waals surface area contributed by atoms with Crippen LogP contribution in [0.15, 0.2) is 84.3 Å². The number of aliphatic imine (C=N–C) groups is 1. The van der Waals surface area contributed by atoms with Gasteiger partial charge in [-0.15, -0.1) is 0 Å². The van der Waals surface area contributed by atoms with Gasteiger partial charge in [0.25, 0.3) is 0 Å². The van der Waals surface area contributed by atoms with E-state index in [1.807, 2.05) is 72.3 Å². The highest BCUT2D eigenvalue weighted by molar-refractivity contribution is 5.97. The van der Waals surface area contributed by atoms with E-state index in [4.69, 9.17) is 9.57 Å². The Labute approximate surface area is 180 Å². The second kappa shape index (κ2) is 8.08. The van der Waals surface area contributed by atoms with Gasteiger partial charge in [0, 0.05) is 11.8 Å². The Balaban J connectivity index is 1.38. The van der Waals surface area contributed by atoms with Gasteiger partial charge < -0.3 is 9.30 Å². The number of hydrogen-bond donors (Lipinski definition) is 1. The Morgan fingerprint density at radius 3 is 2.77 bits per heavy atom. The molecule has 1 N–H and O–H groups in total. The first-order valence-electron chi connectivity index (χ1n) is 10.1. The predicted molar refractivity (Wildman–Crippen MR) is 122 cm³/mol. The van der Waals surface area contributed by atoms with Gasteiger partial charge in [-0.1, -0.05) is 54.6 Å². The van der Waals surface area contributed by atoms with Crippen molar-refractivity contribution < 1.29 is 9.57 Å². The molecular weight excluding hydrogens is 388 g/mol. The molecule has 0 aliphatic carbocycles. The standard InChI is InChI=1S/C25H22N4O2/c1-17-15-29(16-26-17)22-12-10-18(14-23(22)30-2)11-13-24-27-25(31-28-24)21-9-5-7-19-6-3-4-8-20(19)21/h3-16,25H,1-2H3,(H,27,28). The molecule has 2 heterocycles. The van der Waals surface area contributed by atoms with E-state index in [9.17, 15) is 0 Å². The fourth-order valence-corrected chi connectivity index (χ4v) is 3.71. The lowest BCUT2D eigenvalue weighted by molar-refractivity contribution is 0.0387. The number of hydrogen-bond acceptors (Lipinski definition) is 5. The maximum atomic E-state index is 5.73.